The summed E-state index contributed by atoms with van der Waals surface area (Å²) in [4.78, 5) is 17.2. The molecule has 0 spiro atoms. The van der Waals surface area contributed by atoms with Crippen molar-refractivity contribution in [3.63, 3.8) is 0 Å². The molecule has 2 rings (SSSR count). The molecule has 0 atom stereocenters. The Morgan fingerprint density at radius 1 is 1.38 bits per heavy atom. The van der Waals surface area contributed by atoms with E-state index in [9.17, 15) is 13.6 Å². The maximum atomic E-state index is 13.7. The number of hydrogen-bond donors (Lipinski definition) is 0. The van der Waals surface area contributed by atoms with Crippen molar-refractivity contribution in [2.24, 2.45) is 0 Å². The average molecular weight is 296 g/mol. The van der Waals surface area contributed by atoms with Crippen molar-refractivity contribution >= 4 is 11.7 Å². The van der Waals surface area contributed by atoms with Crippen molar-refractivity contribution < 1.29 is 18.3 Å². The highest BCUT2D eigenvalue weighted by Crippen LogP contribution is 2.24. The normalized spacial score (nSPS) is 15.7. The Hall–Kier alpha value is -1.98. The van der Waals surface area contributed by atoms with Gasteiger partial charge in [0.25, 0.3) is 0 Å². The quantitative estimate of drug-likeness (QED) is 0.798. The van der Waals surface area contributed by atoms with E-state index in [-0.39, 0.29) is 5.69 Å². The number of rotatable bonds is 1. The molecule has 0 bridgehead atoms. The Bertz CT molecular complexity index is 580. The molecule has 21 heavy (non-hydrogen) atoms. The predicted molar refractivity (Wildman–Crippen MR) is 74.6 cm³/mol. The lowest BCUT2D eigenvalue weighted by molar-refractivity contribution is 0.0270. The summed E-state index contributed by atoms with van der Waals surface area (Å²) in [6, 6.07) is 0.809. The van der Waals surface area contributed by atoms with E-state index < -0.39 is 23.3 Å². The summed E-state index contributed by atoms with van der Waals surface area (Å²) in [5.74, 6) is -1.39. The zero-order valence-electron chi connectivity index (χ0n) is 12.3. The van der Waals surface area contributed by atoms with Gasteiger partial charge in [0, 0.05) is 19.2 Å². The first kappa shape index (κ1) is 15.4. The average Bonchev–Trinajstić information content (AvgIpc) is 2.37. The fourth-order valence-corrected chi connectivity index (χ4v) is 2.03. The molecule has 0 unspecified atom stereocenters. The molecule has 0 N–H and O–H groups in total. The Morgan fingerprint density at radius 3 is 2.62 bits per heavy atom. The summed E-state index contributed by atoms with van der Waals surface area (Å²) in [5, 5.41) is 0. The molecule has 1 aromatic rings. The topological polar surface area (TPSA) is 42.4 Å². The van der Waals surface area contributed by atoms with Crippen molar-refractivity contribution in [2.45, 2.75) is 32.8 Å². The van der Waals surface area contributed by atoms with E-state index in [0.29, 0.717) is 25.1 Å². The minimum Gasteiger partial charge on any atom is -0.444 e. The number of nitrogens with zero attached hydrogens (tertiary/aromatic N) is 2. The summed E-state index contributed by atoms with van der Waals surface area (Å²) >= 11 is 0. The third-order valence-corrected chi connectivity index (χ3v) is 2.97. The number of carbonyl (C=O) groups is 1. The molecule has 6 heteroatoms. The molecule has 1 aliphatic rings. The van der Waals surface area contributed by atoms with Crippen LogP contribution in [0.1, 0.15) is 32.9 Å². The van der Waals surface area contributed by atoms with Gasteiger partial charge in [-0.15, -0.1) is 0 Å². The van der Waals surface area contributed by atoms with E-state index in [2.05, 4.69) is 4.98 Å². The van der Waals surface area contributed by atoms with Crippen molar-refractivity contribution in [3.8, 4) is 0 Å². The van der Waals surface area contributed by atoms with Crippen LogP contribution in [0.15, 0.2) is 18.3 Å². The first-order valence-corrected chi connectivity index (χ1v) is 6.74. The van der Waals surface area contributed by atoms with Crippen LogP contribution in [0.3, 0.4) is 0 Å². The van der Waals surface area contributed by atoms with Gasteiger partial charge in [0.1, 0.15) is 17.1 Å². The number of hydrogen-bond acceptors (Lipinski definition) is 3. The second-order valence-corrected chi connectivity index (χ2v) is 5.89. The summed E-state index contributed by atoms with van der Waals surface area (Å²) in [6.45, 7) is 6.14. The van der Waals surface area contributed by atoms with Crippen molar-refractivity contribution in [1.82, 2.24) is 9.88 Å². The highest BCUT2D eigenvalue weighted by Gasteiger charge is 2.24. The Kier molecular flexibility index (Phi) is 4.25. The van der Waals surface area contributed by atoms with Gasteiger partial charge in [-0.1, -0.05) is 6.08 Å². The largest absolute Gasteiger partial charge is 0.444 e. The van der Waals surface area contributed by atoms with E-state index in [1.165, 1.54) is 4.90 Å². The van der Waals surface area contributed by atoms with Crippen LogP contribution >= 0.6 is 0 Å². The van der Waals surface area contributed by atoms with Gasteiger partial charge in [0.05, 0.1) is 6.20 Å². The van der Waals surface area contributed by atoms with Crippen LogP contribution in [-0.4, -0.2) is 34.7 Å². The lowest BCUT2D eigenvalue weighted by atomic mass is 10.0. The molecule has 0 radical (unpaired) electrons. The predicted octanol–water partition coefficient (Wildman–Crippen LogP) is 3.38. The van der Waals surface area contributed by atoms with Crippen molar-refractivity contribution in [2.75, 3.05) is 13.1 Å². The number of carbonyl (C=O) groups excluding carboxylic acids is 1. The van der Waals surface area contributed by atoms with E-state index in [1.807, 2.05) is 0 Å². The van der Waals surface area contributed by atoms with Crippen LogP contribution in [-0.2, 0) is 4.74 Å². The molecule has 114 valence electrons. The third kappa shape index (κ3) is 4.00. The molecule has 0 fully saturated rings. The SMILES string of the molecule is CC(C)(C)OC(=O)N1CC=C(c2ncc(F)cc2F)CC1. The highest BCUT2D eigenvalue weighted by atomic mass is 19.1. The number of ether oxygens (including phenoxy) is 1. The Balaban J connectivity index is 2.07. The van der Waals surface area contributed by atoms with Crippen molar-refractivity contribution in [1.29, 1.82) is 0 Å². The zero-order chi connectivity index (χ0) is 15.6. The fraction of sp³-hybridized carbons (Fsp3) is 0.467. The minimum absolute atomic E-state index is 0.139. The molecular weight excluding hydrogens is 278 g/mol. The zero-order valence-corrected chi connectivity index (χ0v) is 12.3. The van der Waals surface area contributed by atoms with Gasteiger partial charge in [-0.3, -0.25) is 4.98 Å². The second kappa shape index (κ2) is 5.79. The number of aromatic nitrogens is 1. The van der Waals surface area contributed by atoms with Gasteiger partial charge in [0.15, 0.2) is 5.82 Å². The molecule has 0 saturated carbocycles. The molecule has 1 aromatic heterocycles. The number of amides is 1. The van der Waals surface area contributed by atoms with Crippen LogP contribution in [0, 0.1) is 11.6 Å². The van der Waals surface area contributed by atoms with Gasteiger partial charge in [-0.2, -0.15) is 0 Å². The molecule has 1 aliphatic heterocycles. The van der Waals surface area contributed by atoms with Gasteiger partial charge < -0.3 is 9.64 Å². The van der Waals surface area contributed by atoms with E-state index in [4.69, 9.17) is 4.74 Å². The maximum absolute atomic E-state index is 13.7. The van der Waals surface area contributed by atoms with Gasteiger partial charge in [-0.05, 0) is 32.8 Å². The van der Waals surface area contributed by atoms with Crippen LogP contribution in [0.2, 0.25) is 0 Å². The first-order valence-electron chi connectivity index (χ1n) is 6.74. The Morgan fingerprint density at radius 2 is 2.10 bits per heavy atom. The fourth-order valence-electron chi connectivity index (χ4n) is 2.03. The summed E-state index contributed by atoms with van der Waals surface area (Å²) in [6.07, 6.45) is 2.76. The van der Waals surface area contributed by atoms with Gasteiger partial charge in [-0.25, -0.2) is 13.6 Å². The number of halogens is 2. The van der Waals surface area contributed by atoms with Crippen LogP contribution in [0.4, 0.5) is 13.6 Å². The third-order valence-electron chi connectivity index (χ3n) is 2.97. The summed E-state index contributed by atoms with van der Waals surface area (Å²) < 4.78 is 31.8. The van der Waals surface area contributed by atoms with Gasteiger partial charge in [0.2, 0.25) is 0 Å². The number of pyridine rings is 1. The molecular formula is C15H18F2N2O2. The monoisotopic (exact) mass is 296 g/mol. The van der Waals surface area contributed by atoms with Crippen LogP contribution in [0.5, 0.6) is 0 Å². The molecule has 1 amide bonds. The Labute approximate surface area is 122 Å². The van der Waals surface area contributed by atoms with E-state index in [0.717, 1.165) is 12.3 Å². The maximum Gasteiger partial charge on any atom is 0.410 e. The lowest BCUT2D eigenvalue weighted by Gasteiger charge is -2.29. The molecule has 4 nitrogen and oxygen atoms in total. The molecule has 0 aromatic carbocycles. The molecule has 0 aliphatic carbocycles. The second-order valence-electron chi connectivity index (χ2n) is 5.89. The molecule has 0 saturated heterocycles. The first-order chi connectivity index (χ1) is 9.76. The van der Waals surface area contributed by atoms with Crippen molar-refractivity contribution in [3.05, 3.63) is 35.7 Å². The molecule has 2 heterocycles. The standard InChI is InChI=1S/C15H18F2N2O2/c1-15(2,3)21-14(20)19-6-4-10(5-7-19)13-12(17)8-11(16)9-18-13/h4,8-9H,5-7H2,1-3H3. The van der Waals surface area contributed by atoms with Crippen LogP contribution < -0.4 is 0 Å². The van der Waals surface area contributed by atoms with Gasteiger partial charge >= 0.3 is 6.09 Å². The van der Waals surface area contributed by atoms with Crippen LogP contribution in [0.25, 0.3) is 5.57 Å². The smallest absolute Gasteiger partial charge is 0.410 e. The minimum atomic E-state index is -0.706. The van der Waals surface area contributed by atoms with E-state index >= 15 is 0 Å². The summed E-state index contributed by atoms with van der Waals surface area (Å²) in [5.41, 5.74) is 0.263. The summed E-state index contributed by atoms with van der Waals surface area (Å²) in [7, 11) is 0. The van der Waals surface area contributed by atoms with E-state index in [1.54, 1.807) is 26.8 Å². The lowest BCUT2D eigenvalue weighted by Crippen LogP contribution is -2.39. The highest BCUT2D eigenvalue weighted by molar-refractivity contribution is 5.72.